The van der Waals surface area contributed by atoms with Crippen molar-refractivity contribution in [3.8, 4) is 5.75 Å². The number of hydrogen-bond donors (Lipinski definition) is 1. The first-order chi connectivity index (χ1) is 8.61. The molecular formula is C12H12BrN3O2. The molecule has 2 aromatic rings. The summed E-state index contributed by atoms with van der Waals surface area (Å²) in [7, 11) is 3.27. The normalized spacial score (nSPS) is 10.2. The Morgan fingerprint density at radius 2 is 2.22 bits per heavy atom. The molecule has 0 unspecified atom stereocenters. The molecule has 1 heterocycles. The Balaban J connectivity index is 2.24. The van der Waals surface area contributed by atoms with Crippen LogP contribution in [0.15, 0.2) is 34.9 Å². The molecule has 0 aliphatic carbocycles. The highest BCUT2D eigenvalue weighted by Crippen LogP contribution is 2.28. The van der Waals surface area contributed by atoms with Crippen molar-refractivity contribution in [3.05, 3.63) is 40.6 Å². The van der Waals surface area contributed by atoms with Gasteiger partial charge in [-0.3, -0.25) is 9.48 Å². The molecule has 0 spiro atoms. The Bertz CT molecular complexity index is 580. The van der Waals surface area contributed by atoms with E-state index in [2.05, 4.69) is 26.3 Å². The minimum atomic E-state index is -0.226. The zero-order chi connectivity index (χ0) is 13.1. The van der Waals surface area contributed by atoms with E-state index in [0.717, 1.165) is 4.47 Å². The predicted octanol–water partition coefficient (Wildman–Crippen LogP) is 2.44. The summed E-state index contributed by atoms with van der Waals surface area (Å²) < 4.78 is 7.61. The van der Waals surface area contributed by atoms with Crippen molar-refractivity contribution >= 4 is 27.5 Å². The standard InChI is InChI=1S/C12H12BrN3O2/c1-16-10(5-6-14-16)12(17)15-9-4-3-8(13)7-11(9)18-2/h3-7H,1-2H3,(H,15,17). The molecule has 0 radical (unpaired) electrons. The van der Waals surface area contributed by atoms with Gasteiger partial charge in [-0.15, -0.1) is 0 Å². The van der Waals surface area contributed by atoms with Gasteiger partial charge < -0.3 is 10.1 Å². The molecule has 1 amide bonds. The first kappa shape index (κ1) is 12.6. The van der Waals surface area contributed by atoms with Gasteiger partial charge in [-0.1, -0.05) is 15.9 Å². The van der Waals surface area contributed by atoms with Crippen LogP contribution in [-0.4, -0.2) is 22.8 Å². The van der Waals surface area contributed by atoms with Crippen LogP contribution in [0.5, 0.6) is 5.75 Å². The van der Waals surface area contributed by atoms with Gasteiger partial charge in [-0.25, -0.2) is 0 Å². The third-order valence-electron chi connectivity index (χ3n) is 2.47. The summed E-state index contributed by atoms with van der Waals surface area (Å²) in [5, 5.41) is 6.74. The second-order valence-electron chi connectivity index (χ2n) is 3.64. The van der Waals surface area contributed by atoms with Crippen LogP contribution in [0.1, 0.15) is 10.5 Å². The smallest absolute Gasteiger partial charge is 0.274 e. The summed E-state index contributed by atoms with van der Waals surface area (Å²) in [5.41, 5.74) is 1.10. The van der Waals surface area contributed by atoms with Crippen molar-refractivity contribution in [1.29, 1.82) is 0 Å². The quantitative estimate of drug-likeness (QED) is 0.947. The van der Waals surface area contributed by atoms with E-state index >= 15 is 0 Å². The number of halogens is 1. The molecule has 5 nitrogen and oxygen atoms in total. The fourth-order valence-electron chi connectivity index (χ4n) is 1.55. The van der Waals surface area contributed by atoms with E-state index < -0.39 is 0 Å². The molecule has 0 atom stereocenters. The SMILES string of the molecule is COc1cc(Br)ccc1NC(=O)c1ccnn1C. The fourth-order valence-corrected chi connectivity index (χ4v) is 1.89. The monoisotopic (exact) mass is 309 g/mol. The van der Waals surface area contributed by atoms with Gasteiger partial charge in [0.2, 0.25) is 0 Å². The molecule has 0 aliphatic rings. The van der Waals surface area contributed by atoms with Crippen molar-refractivity contribution in [2.45, 2.75) is 0 Å². The van der Waals surface area contributed by atoms with E-state index in [4.69, 9.17) is 4.74 Å². The summed E-state index contributed by atoms with van der Waals surface area (Å²) >= 11 is 3.35. The molecule has 1 N–H and O–H groups in total. The number of anilines is 1. The highest BCUT2D eigenvalue weighted by Gasteiger charge is 2.12. The van der Waals surface area contributed by atoms with Gasteiger partial charge in [0.1, 0.15) is 11.4 Å². The van der Waals surface area contributed by atoms with E-state index in [9.17, 15) is 4.79 Å². The molecule has 6 heteroatoms. The van der Waals surface area contributed by atoms with Crippen LogP contribution in [0.3, 0.4) is 0 Å². The number of aromatic nitrogens is 2. The molecule has 0 fully saturated rings. The Kier molecular flexibility index (Phi) is 3.66. The second kappa shape index (κ2) is 5.22. The largest absolute Gasteiger partial charge is 0.495 e. The zero-order valence-electron chi connectivity index (χ0n) is 9.98. The maximum atomic E-state index is 12.0. The number of rotatable bonds is 3. The molecule has 94 valence electrons. The number of hydrogen-bond acceptors (Lipinski definition) is 3. The lowest BCUT2D eigenvalue weighted by Crippen LogP contribution is -2.16. The lowest BCUT2D eigenvalue weighted by atomic mass is 10.3. The van der Waals surface area contributed by atoms with Gasteiger partial charge in [-0.2, -0.15) is 5.10 Å². The van der Waals surface area contributed by atoms with Crippen LogP contribution >= 0.6 is 15.9 Å². The van der Waals surface area contributed by atoms with E-state index in [0.29, 0.717) is 17.1 Å². The minimum Gasteiger partial charge on any atom is -0.495 e. The average molecular weight is 310 g/mol. The van der Waals surface area contributed by atoms with Crippen molar-refractivity contribution < 1.29 is 9.53 Å². The third-order valence-corrected chi connectivity index (χ3v) is 2.96. The van der Waals surface area contributed by atoms with Gasteiger partial charge in [0.05, 0.1) is 12.8 Å². The lowest BCUT2D eigenvalue weighted by Gasteiger charge is -2.10. The van der Waals surface area contributed by atoms with E-state index in [1.54, 1.807) is 38.6 Å². The number of nitrogens with one attached hydrogen (secondary N) is 1. The number of carbonyl (C=O) groups is 1. The van der Waals surface area contributed by atoms with Crippen LogP contribution < -0.4 is 10.1 Å². The minimum absolute atomic E-state index is 0.226. The van der Waals surface area contributed by atoms with Crippen LogP contribution in [-0.2, 0) is 7.05 Å². The van der Waals surface area contributed by atoms with Gasteiger partial charge >= 0.3 is 0 Å². The Labute approximate surface area is 113 Å². The predicted molar refractivity (Wildman–Crippen MR) is 71.9 cm³/mol. The van der Waals surface area contributed by atoms with Crippen LogP contribution in [0.25, 0.3) is 0 Å². The topological polar surface area (TPSA) is 56.1 Å². The van der Waals surface area contributed by atoms with Gasteiger partial charge in [-0.05, 0) is 24.3 Å². The summed E-state index contributed by atoms with van der Waals surface area (Å²) in [5.74, 6) is 0.371. The molecule has 0 aliphatic heterocycles. The first-order valence-electron chi connectivity index (χ1n) is 5.24. The Hall–Kier alpha value is -1.82. The number of carbonyl (C=O) groups excluding carboxylic acids is 1. The average Bonchev–Trinajstić information content (AvgIpc) is 2.77. The molecule has 18 heavy (non-hydrogen) atoms. The third kappa shape index (κ3) is 2.53. The number of nitrogens with zero attached hydrogens (tertiary/aromatic N) is 2. The molecular weight excluding hydrogens is 298 g/mol. The summed E-state index contributed by atoms with van der Waals surface area (Å²) in [6, 6.07) is 7.05. The molecule has 0 saturated carbocycles. The highest BCUT2D eigenvalue weighted by molar-refractivity contribution is 9.10. The lowest BCUT2D eigenvalue weighted by molar-refractivity contribution is 0.101. The Morgan fingerprint density at radius 1 is 1.44 bits per heavy atom. The number of methoxy groups -OCH3 is 1. The van der Waals surface area contributed by atoms with Crippen LogP contribution in [0.2, 0.25) is 0 Å². The van der Waals surface area contributed by atoms with Crippen molar-refractivity contribution in [2.75, 3.05) is 12.4 Å². The van der Waals surface area contributed by atoms with E-state index in [-0.39, 0.29) is 5.91 Å². The zero-order valence-corrected chi connectivity index (χ0v) is 11.6. The maximum Gasteiger partial charge on any atom is 0.274 e. The van der Waals surface area contributed by atoms with Crippen molar-refractivity contribution in [2.24, 2.45) is 7.05 Å². The fraction of sp³-hybridized carbons (Fsp3) is 0.167. The number of amides is 1. The highest BCUT2D eigenvalue weighted by atomic mass is 79.9. The van der Waals surface area contributed by atoms with Crippen molar-refractivity contribution in [1.82, 2.24) is 9.78 Å². The number of aryl methyl sites for hydroxylation is 1. The van der Waals surface area contributed by atoms with E-state index in [1.807, 2.05) is 6.07 Å². The van der Waals surface area contributed by atoms with Crippen molar-refractivity contribution in [3.63, 3.8) is 0 Å². The first-order valence-corrected chi connectivity index (χ1v) is 6.04. The Morgan fingerprint density at radius 3 is 2.83 bits per heavy atom. The summed E-state index contributed by atoms with van der Waals surface area (Å²) in [4.78, 5) is 12.0. The van der Waals surface area contributed by atoms with Gasteiger partial charge in [0, 0.05) is 17.7 Å². The number of ether oxygens (including phenoxy) is 1. The van der Waals surface area contributed by atoms with Crippen LogP contribution in [0, 0.1) is 0 Å². The molecule has 1 aromatic heterocycles. The van der Waals surface area contributed by atoms with Crippen LogP contribution in [0.4, 0.5) is 5.69 Å². The molecule has 1 aromatic carbocycles. The molecule has 2 rings (SSSR count). The van der Waals surface area contributed by atoms with Gasteiger partial charge in [0.25, 0.3) is 5.91 Å². The summed E-state index contributed by atoms with van der Waals surface area (Å²) in [6.07, 6.45) is 1.58. The molecule has 0 saturated heterocycles. The van der Waals surface area contributed by atoms with Gasteiger partial charge in [0.15, 0.2) is 0 Å². The maximum absolute atomic E-state index is 12.0. The summed E-state index contributed by atoms with van der Waals surface area (Å²) in [6.45, 7) is 0. The second-order valence-corrected chi connectivity index (χ2v) is 4.55. The van der Waals surface area contributed by atoms with E-state index in [1.165, 1.54) is 4.68 Å². The number of benzene rings is 1. The molecule has 0 bridgehead atoms.